The number of furan rings is 1. The van der Waals surface area contributed by atoms with E-state index >= 15 is 0 Å². The van der Waals surface area contributed by atoms with Gasteiger partial charge in [-0.3, -0.25) is 4.79 Å². The quantitative estimate of drug-likeness (QED) is 0.768. The Morgan fingerprint density at radius 1 is 1.00 bits per heavy atom. The molecule has 1 amide bonds. The average Bonchev–Trinajstić information content (AvgIpc) is 3.09. The molecule has 3 aromatic rings. The largest absolute Gasteiger partial charge is 0.508 e. The van der Waals surface area contributed by atoms with Gasteiger partial charge in [-0.2, -0.15) is 0 Å². The zero-order valence-corrected chi connectivity index (χ0v) is 13.5. The number of hydrogen-bond acceptors (Lipinski definition) is 3. The summed E-state index contributed by atoms with van der Waals surface area (Å²) in [5, 5.41) is 10.0. The van der Waals surface area contributed by atoms with Gasteiger partial charge in [-0.15, -0.1) is 0 Å². The van der Waals surface area contributed by atoms with Crippen molar-refractivity contribution in [1.82, 2.24) is 4.90 Å². The van der Waals surface area contributed by atoms with Crippen LogP contribution in [0.4, 0.5) is 0 Å². The van der Waals surface area contributed by atoms with Crippen molar-refractivity contribution in [3.05, 3.63) is 89.4 Å². The van der Waals surface area contributed by atoms with E-state index in [1.54, 1.807) is 29.4 Å². The number of amides is 1. The molecule has 1 heterocycles. The number of carbonyl (C=O) groups is 1. The summed E-state index contributed by atoms with van der Waals surface area (Å²) < 4.78 is 5.38. The molecule has 0 bridgehead atoms. The number of benzene rings is 2. The number of phenols is 1. The Balaban J connectivity index is 1.87. The standard InChI is InChI=1S/C20H19NO3/c1-15-8-10-16(11-9-15)20(23)21(14-18-6-4-12-24-18)13-17-5-2-3-7-19(17)22/h2-12,22H,13-14H2,1H3. The molecule has 0 spiro atoms. The van der Waals surface area contributed by atoms with Gasteiger partial charge < -0.3 is 14.4 Å². The van der Waals surface area contributed by atoms with Crippen molar-refractivity contribution >= 4 is 5.91 Å². The Hall–Kier alpha value is -3.01. The number of para-hydroxylation sites is 1. The monoisotopic (exact) mass is 321 g/mol. The number of aromatic hydroxyl groups is 1. The van der Waals surface area contributed by atoms with E-state index in [4.69, 9.17) is 4.42 Å². The highest BCUT2D eigenvalue weighted by atomic mass is 16.3. The minimum absolute atomic E-state index is 0.102. The van der Waals surface area contributed by atoms with Crippen LogP contribution in [-0.2, 0) is 13.1 Å². The molecule has 0 fully saturated rings. The van der Waals surface area contributed by atoms with Crippen molar-refractivity contribution in [1.29, 1.82) is 0 Å². The second-order valence-electron chi connectivity index (χ2n) is 5.74. The van der Waals surface area contributed by atoms with Crippen LogP contribution in [0.1, 0.15) is 27.2 Å². The predicted octanol–water partition coefficient (Wildman–Crippen LogP) is 4.14. The maximum Gasteiger partial charge on any atom is 0.254 e. The molecule has 0 saturated heterocycles. The van der Waals surface area contributed by atoms with Crippen LogP contribution in [0.15, 0.2) is 71.3 Å². The molecule has 24 heavy (non-hydrogen) atoms. The smallest absolute Gasteiger partial charge is 0.254 e. The lowest BCUT2D eigenvalue weighted by Crippen LogP contribution is -2.30. The first-order valence-corrected chi connectivity index (χ1v) is 7.78. The third kappa shape index (κ3) is 3.66. The Labute approximate surface area is 141 Å². The van der Waals surface area contributed by atoms with E-state index in [1.165, 1.54) is 0 Å². The number of hydrogen-bond donors (Lipinski definition) is 1. The molecule has 4 heteroatoms. The van der Waals surface area contributed by atoms with Crippen molar-refractivity contribution in [2.45, 2.75) is 20.0 Å². The van der Waals surface area contributed by atoms with Crippen molar-refractivity contribution in [3.8, 4) is 5.75 Å². The van der Waals surface area contributed by atoms with E-state index in [0.29, 0.717) is 30.0 Å². The molecule has 0 saturated carbocycles. The topological polar surface area (TPSA) is 53.7 Å². The fourth-order valence-corrected chi connectivity index (χ4v) is 2.52. The lowest BCUT2D eigenvalue weighted by molar-refractivity contribution is 0.0716. The maximum absolute atomic E-state index is 12.9. The van der Waals surface area contributed by atoms with Gasteiger partial charge in [0.25, 0.3) is 5.91 Å². The first kappa shape index (κ1) is 15.9. The lowest BCUT2D eigenvalue weighted by Gasteiger charge is -2.22. The molecule has 4 nitrogen and oxygen atoms in total. The van der Waals surface area contributed by atoms with Crippen LogP contribution in [0.3, 0.4) is 0 Å². The number of rotatable bonds is 5. The van der Waals surface area contributed by atoms with E-state index < -0.39 is 0 Å². The average molecular weight is 321 g/mol. The Bertz CT molecular complexity index is 807. The second kappa shape index (κ2) is 7.04. The van der Waals surface area contributed by atoms with Crippen LogP contribution in [0.2, 0.25) is 0 Å². The van der Waals surface area contributed by atoms with Crippen LogP contribution in [-0.4, -0.2) is 15.9 Å². The first-order valence-electron chi connectivity index (χ1n) is 7.78. The zero-order valence-electron chi connectivity index (χ0n) is 13.5. The van der Waals surface area contributed by atoms with Crippen molar-refractivity contribution in [2.24, 2.45) is 0 Å². The first-order chi connectivity index (χ1) is 11.6. The van der Waals surface area contributed by atoms with Gasteiger partial charge in [-0.1, -0.05) is 35.9 Å². The van der Waals surface area contributed by atoms with Crippen molar-refractivity contribution in [2.75, 3.05) is 0 Å². The number of phenolic OH excluding ortho intramolecular Hbond substituents is 1. The van der Waals surface area contributed by atoms with E-state index in [2.05, 4.69) is 0 Å². The lowest BCUT2D eigenvalue weighted by atomic mass is 10.1. The Morgan fingerprint density at radius 3 is 2.42 bits per heavy atom. The highest BCUT2D eigenvalue weighted by Gasteiger charge is 2.19. The summed E-state index contributed by atoms with van der Waals surface area (Å²) >= 11 is 0. The number of aryl methyl sites for hydroxylation is 1. The van der Waals surface area contributed by atoms with Gasteiger partial charge in [0, 0.05) is 11.1 Å². The molecule has 0 radical (unpaired) electrons. The molecular formula is C20H19NO3. The van der Waals surface area contributed by atoms with Gasteiger partial charge in [0.2, 0.25) is 0 Å². The summed E-state index contributed by atoms with van der Waals surface area (Å²) in [6.07, 6.45) is 1.59. The van der Waals surface area contributed by atoms with E-state index in [9.17, 15) is 9.90 Å². The van der Waals surface area contributed by atoms with Crippen LogP contribution < -0.4 is 0 Å². The summed E-state index contributed by atoms with van der Waals surface area (Å²) in [5.41, 5.74) is 2.41. The van der Waals surface area contributed by atoms with Crippen LogP contribution in [0.25, 0.3) is 0 Å². The highest BCUT2D eigenvalue weighted by molar-refractivity contribution is 5.94. The summed E-state index contributed by atoms with van der Waals surface area (Å²) in [6.45, 7) is 2.63. The molecule has 0 aliphatic carbocycles. The Kier molecular flexibility index (Phi) is 4.66. The molecule has 0 aliphatic rings. The third-order valence-electron chi connectivity index (χ3n) is 3.87. The summed E-state index contributed by atoms with van der Waals surface area (Å²) in [5.74, 6) is 0.777. The minimum atomic E-state index is -0.102. The van der Waals surface area contributed by atoms with E-state index in [1.807, 2.05) is 49.4 Å². The molecule has 1 aromatic heterocycles. The fraction of sp³-hybridized carbons (Fsp3) is 0.150. The normalized spacial score (nSPS) is 10.5. The van der Waals surface area contributed by atoms with Crippen LogP contribution >= 0.6 is 0 Å². The van der Waals surface area contributed by atoms with Crippen LogP contribution in [0.5, 0.6) is 5.75 Å². The van der Waals surface area contributed by atoms with E-state index in [0.717, 1.165) is 5.56 Å². The zero-order chi connectivity index (χ0) is 16.9. The van der Waals surface area contributed by atoms with Gasteiger partial charge in [-0.25, -0.2) is 0 Å². The van der Waals surface area contributed by atoms with Gasteiger partial charge >= 0.3 is 0 Å². The van der Waals surface area contributed by atoms with E-state index in [-0.39, 0.29) is 11.7 Å². The molecule has 2 aromatic carbocycles. The third-order valence-corrected chi connectivity index (χ3v) is 3.87. The summed E-state index contributed by atoms with van der Waals surface area (Å²) in [6, 6.07) is 18.1. The van der Waals surface area contributed by atoms with Crippen molar-refractivity contribution in [3.63, 3.8) is 0 Å². The van der Waals surface area contributed by atoms with Gasteiger partial charge in [-0.05, 0) is 37.3 Å². The number of carbonyl (C=O) groups excluding carboxylic acids is 1. The second-order valence-corrected chi connectivity index (χ2v) is 5.74. The number of nitrogens with zero attached hydrogens (tertiary/aromatic N) is 1. The van der Waals surface area contributed by atoms with Gasteiger partial charge in [0.15, 0.2) is 0 Å². The maximum atomic E-state index is 12.9. The summed E-state index contributed by atoms with van der Waals surface area (Å²) in [4.78, 5) is 14.6. The highest BCUT2D eigenvalue weighted by Crippen LogP contribution is 2.21. The molecular weight excluding hydrogens is 302 g/mol. The predicted molar refractivity (Wildman–Crippen MR) is 91.6 cm³/mol. The molecule has 0 aliphatic heterocycles. The van der Waals surface area contributed by atoms with Gasteiger partial charge in [0.05, 0.1) is 19.4 Å². The van der Waals surface area contributed by atoms with Crippen LogP contribution in [0, 0.1) is 6.92 Å². The molecule has 1 N–H and O–H groups in total. The van der Waals surface area contributed by atoms with Gasteiger partial charge in [0.1, 0.15) is 11.5 Å². The fourth-order valence-electron chi connectivity index (χ4n) is 2.52. The Morgan fingerprint density at radius 2 is 1.75 bits per heavy atom. The SMILES string of the molecule is Cc1ccc(C(=O)N(Cc2ccco2)Cc2ccccc2O)cc1. The molecule has 3 rings (SSSR count). The molecule has 122 valence electrons. The molecule has 0 unspecified atom stereocenters. The minimum Gasteiger partial charge on any atom is -0.508 e. The van der Waals surface area contributed by atoms with Crippen molar-refractivity contribution < 1.29 is 14.3 Å². The molecule has 0 atom stereocenters. The summed E-state index contributed by atoms with van der Waals surface area (Å²) in [7, 11) is 0.